The number of ether oxygens (including phenoxy) is 1. The van der Waals surface area contributed by atoms with Crippen molar-refractivity contribution in [1.82, 2.24) is 0 Å². The lowest BCUT2D eigenvalue weighted by Gasteiger charge is -2.16. The van der Waals surface area contributed by atoms with Crippen molar-refractivity contribution in [2.45, 2.75) is 12.5 Å². The van der Waals surface area contributed by atoms with E-state index in [-0.39, 0.29) is 4.47 Å². The minimum absolute atomic E-state index is 0.104. The Morgan fingerprint density at radius 2 is 2.00 bits per heavy atom. The number of benzene rings is 1. The van der Waals surface area contributed by atoms with E-state index in [1.807, 2.05) is 0 Å². The van der Waals surface area contributed by atoms with Crippen LogP contribution in [0.15, 0.2) is 22.7 Å². The van der Waals surface area contributed by atoms with Crippen molar-refractivity contribution < 1.29 is 32.9 Å². The molecule has 0 amide bonds. The fraction of sp³-hybridized carbons (Fsp3) is 0.222. The van der Waals surface area contributed by atoms with Gasteiger partial charge in [0.25, 0.3) is 0 Å². The summed E-state index contributed by atoms with van der Waals surface area (Å²) in [5.74, 6) is -2.44. The first-order valence-corrected chi connectivity index (χ1v) is 4.96. The van der Waals surface area contributed by atoms with Gasteiger partial charge in [0, 0.05) is 5.56 Å². The number of hydrogen-bond acceptors (Lipinski definition) is 3. The van der Waals surface area contributed by atoms with E-state index in [2.05, 4.69) is 20.7 Å². The van der Waals surface area contributed by atoms with Gasteiger partial charge in [-0.05, 0) is 22.0 Å². The Hall–Kier alpha value is -1.28. The molecule has 1 unspecified atom stereocenters. The third kappa shape index (κ3) is 3.60. The van der Waals surface area contributed by atoms with Gasteiger partial charge in [0.05, 0.1) is 4.47 Å². The van der Waals surface area contributed by atoms with Crippen LogP contribution in [-0.4, -0.2) is 22.5 Å². The van der Waals surface area contributed by atoms with Gasteiger partial charge < -0.3 is 14.9 Å². The Bertz CT molecular complexity index is 433. The van der Waals surface area contributed by atoms with Gasteiger partial charge in [-0.2, -0.15) is 0 Å². The predicted octanol–water partition coefficient (Wildman–Crippen LogP) is 2.47. The molecule has 0 heterocycles. The fourth-order valence-electron chi connectivity index (χ4n) is 1.10. The first-order valence-electron chi connectivity index (χ1n) is 4.17. The molecule has 2 N–H and O–H groups in total. The van der Waals surface area contributed by atoms with Gasteiger partial charge in [0.2, 0.25) is 0 Å². The Kier molecular flexibility index (Phi) is 3.99. The highest BCUT2D eigenvalue weighted by molar-refractivity contribution is 9.10. The number of carboxylic acids is 1. The molecule has 0 saturated carbocycles. The van der Waals surface area contributed by atoms with Crippen LogP contribution in [0.5, 0.6) is 5.75 Å². The Morgan fingerprint density at radius 1 is 1.41 bits per heavy atom. The average molecular weight is 315 g/mol. The molecule has 0 aliphatic heterocycles. The van der Waals surface area contributed by atoms with E-state index in [0.717, 1.165) is 6.07 Å². The molecule has 1 rings (SSSR count). The van der Waals surface area contributed by atoms with Crippen LogP contribution in [0.3, 0.4) is 0 Å². The molecule has 1 atom stereocenters. The standard InChI is InChI=1S/C9H6BrF3O4/c10-5-3-1-2-4(6(14)8(15)16)7(5)17-9(11,12)13/h1-3,6,14H,(H,15,16). The monoisotopic (exact) mass is 314 g/mol. The molecule has 0 saturated heterocycles. The van der Waals surface area contributed by atoms with Crippen LogP contribution >= 0.6 is 15.9 Å². The van der Waals surface area contributed by atoms with Crippen molar-refractivity contribution in [2.75, 3.05) is 0 Å². The third-order valence-corrected chi connectivity index (χ3v) is 2.37. The summed E-state index contributed by atoms with van der Waals surface area (Å²) in [6, 6.07) is 3.55. The number of para-hydroxylation sites is 1. The van der Waals surface area contributed by atoms with E-state index in [1.54, 1.807) is 0 Å². The van der Waals surface area contributed by atoms with Crippen molar-refractivity contribution in [2.24, 2.45) is 0 Å². The smallest absolute Gasteiger partial charge is 0.479 e. The van der Waals surface area contributed by atoms with Crippen LogP contribution in [0, 0.1) is 0 Å². The summed E-state index contributed by atoms with van der Waals surface area (Å²) in [5, 5.41) is 17.8. The molecule has 0 spiro atoms. The molecule has 0 aliphatic carbocycles. The van der Waals surface area contributed by atoms with Gasteiger partial charge in [-0.25, -0.2) is 4.79 Å². The number of carboxylic acid groups (broad SMARTS) is 1. The summed E-state index contributed by atoms with van der Waals surface area (Å²) < 4.78 is 39.8. The Balaban J connectivity index is 3.22. The van der Waals surface area contributed by atoms with Gasteiger partial charge in [-0.3, -0.25) is 0 Å². The van der Waals surface area contributed by atoms with Crippen LogP contribution in [0.1, 0.15) is 11.7 Å². The summed E-state index contributed by atoms with van der Waals surface area (Å²) in [5.41, 5.74) is -0.482. The first kappa shape index (κ1) is 13.8. The summed E-state index contributed by atoms with van der Waals surface area (Å²) in [6.07, 6.45) is -7.07. The van der Waals surface area contributed by atoms with Crippen molar-refractivity contribution in [3.05, 3.63) is 28.2 Å². The third-order valence-electron chi connectivity index (χ3n) is 1.74. The number of hydrogen-bond donors (Lipinski definition) is 2. The minimum atomic E-state index is -4.98. The number of rotatable bonds is 3. The predicted molar refractivity (Wildman–Crippen MR) is 53.4 cm³/mol. The molecular weight excluding hydrogens is 309 g/mol. The lowest BCUT2D eigenvalue weighted by Crippen LogP contribution is -2.20. The number of halogens is 4. The lowest BCUT2D eigenvalue weighted by atomic mass is 10.1. The summed E-state index contributed by atoms with van der Waals surface area (Å²) in [4.78, 5) is 10.5. The van der Waals surface area contributed by atoms with Crippen LogP contribution in [0.2, 0.25) is 0 Å². The number of carbonyl (C=O) groups is 1. The van der Waals surface area contributed by atoms with Crippen molar-refractivity contribution in [3.8, 4) is 5.75 Å². The topological polar surface area (TPSA) is 66.8 Å². The van der Waals surface area contributed by atoms with E-state index in [9.17, 15) is 23.1 Å². The molecule has 8 heteroatoms. The maximum absolute atomic E-state index is 12.1. The summed E-state index contributed by atoms with van der Waals surface area (Å²) in [6.45, 7) is 0. The van der Waals surface area contributed by atoms with Crippen LogP contribution in [0.4, 0.5) is 13.2 Å². The summed E-state index contributed by atoms with van der Waals surface area (Å²) in [7, 11) is 0. The van der Waals surface area contributed by atoms with E-state index in [1.165, 1.54) is 12.1 Å². The highest BCUT2D eigenvalue weighted by Gasteiger charge is 2.34. The zero-order valence-electron chi connectivity index (χ0n) is 8.03. The molecule has 0 radical (unpaired) electrons. The van der Waals surface area contributed by atoms with Crippen molar-refractivity contribution >= 4 is 21.9 Å². The van der Waals surface area contributed by atoms with E-state index < -0.39 is 29.7 Å². The highest BCUT2D eigenvalue weighted by atomic mass is 79.9. The molecule has 0 fully saturated rings. The zero-order valence-corrected chi connectivity index (χ0v) is 9.62. The maximum Gasteiger partial charge on any atom is 0.573 e. The molecule has 4 nitrogen and oxygen atoms in total. The van der Waals surface area contributed by atoms with Gasteiger partial charge in [0.1, 0.15) is 5.75 Å². The van der Waals surface area contributed by atoms with Gasteiger partial charge >= 0.3 is 12.3 Å². The maximum atomic E-state index is 12.1. The second kappa shape index (κ2) is 4.92. The molecular formula is C9H6BrF3O4. The largest absolute Gasteiger partial charge is 0.573 e. The van der Waals surface area contributed by atoms with E-state index in [0.29, 0.717) is 0 Å². The quantitative estimate of drug-likeness (QED) is 0.899. The van der Waals surface area contributed by atoms with Crippen LogP contribution < -0.4 is 4.74 Å². The number of alkyl halides is 3. The van der Waals surface area contributed by atoms with Crippen LogP contribution in [0.25, 0.3) is 0 Å². The normalized spacial score (nSPS) is 13.2. The zero-order chi connectivity index (χ0) is 13.2. The molecule has 94 valence electrons. The number of aliphatic hydroxyl groups excluding tert-OH is 1. The highest BCUT2D eigenvalue weighted by Crippen LogP contribution is 2.36. The molecule has 0 bridgehead atoms. The molecule has 1 aromatic rings. The Morgan fingerprint density at radius 3 is 2.47 bits per heavy atom. The van der Waals surface area contributed by atoms with Crippen LogP contribution in [-0.2, 0) is 4.79 Å². The van der Waals surface area contributed by atoms with Gasteiger partial charge in [-0.15, -0.1) is 13.2 Å². The van der Waals surface area contributed by atoms with Crippen molar-refractivity contribution in [3.63, 3.8) is 0 Å². The SMILES string of the molecule is O=C(O)C(O)c1cccc(Br)c1OC(F)(F)F. The second-order valence-corrected chi connectivity index (χ2v) is 3.80. The van der Waals surface area contributed by atoms with Gasteiger partial charge in [0.15, 0.2) is 6.10 Å². The minimum Gasteiger partial charge on any atom is -0.479 e. The molecule has 0 aromatic heterocycles. The van der Waals surface area contributed by atoms with E-state index in [4.69, 9.17) is 5.11 Å². The molecule has 17 heavy (non-hydrogen) atoms. The average Bonchev–Trinajstić information content (AvgIpc) is 2.18. The Labute approximate surface area is 102 Å². The molecule has 1 aromatic carbocycles. The van der Waals surface area contributed by atoms with Crippen molar-refractivity contribution in [1.29, 1.82) is 0 Å². The fourth-order valence-corrected chi connectivity index (χ4v) is 1.56. The summed E-state index contributed by atoms with van der Waals surface area (Å²) >= 11 is 2.79. The second-order valence-electron chi connectivity index (χ2n) is 2.95. The van der Waals surface area contributed by atoms with E-state index >= 15 is 0 Å². The number of aliphatic hydroxyl groups is 1. The molecule has 0 aliphatic rings. The first-order chi connectivity index (χ1) is 7.72. The number of aliphatic carboxylic acids is 1. The van der Waals surface area contributed by atoms with Gasteiger partial charge in [-0.1, -0.05) is 12.1 Å². The lowest BCUT2D eigenvalue weighted by molar-refractivity contribution is -0.275.